The molecule has 12 heavy (non-hydrogen) atoms. The number of aryl methyl sites for hydroxylation is 1. The normalized spacial score (nSPS) is 16.4. The van der Waals surface area contributed by atoms with Crippen molar-refractivity contribution in [2.45, 2.75) is 26.2 Å². The third-order valence-electron chi connectivity index (χ3n) is 2.30. The first-order chi connectivity index (χ1) is 5.83. The molecule has 0 aromatic carbocycles. The number of carbonyl (C=O) groups excluding carboxylic acids is 1. The van der Waals surface area contributed by atoms with E-state index in [1.807, 2.05) is 5.38 Å². The third kappa shape index (κ3) is 1.31. The van der Waals surface area contributed by atoms with Gasteiger partial charge in [0.15, 0.2) is 5.78 Å². The van der Waals surface area contributed by atoms with Gasteiger partial charge in [0, 0.05) is 5.92 Å². The maximum absolute atomic E-state index is 11.7. The predicted molar refractivity (Wildman–Crippen MR) is 50.8 cm³/mol. The first-order valence-corrected chi connectivity index (χ1v) is 5.31. The zero-order chi connectivity index (χ0) is 8.55. The van der Waals surface area contributed by atoms with E-state index in [9.17, 15) is 4.79 Å². The molecule has 1 fully saturated rings. The van der Waals surface area contributed by atoms with E-state index in [2.05, 4.69) is 13.0 Å². The molecule has 1 nitrogen and oxygen atoms in total. The summed E-state index contributed by atoms with van der Waals surface area (Å²) in [4.78, 5) is 12.7. The van der Waals surface area contributed by atoms with Crippen molar-refractivity contribution in [3.05, 3.63) is 21.9 Å². The molecule has 2 heteroatoms. The molecule has 0 bridgehead atoms. The van der Waals surface area contributed by atoms with Gasteiger partial charge in [0.2, 0.25) is 0 Å². The molecule has 0 aliphatic heterocycles. The Labute approximate surface area is 76.4 Å². The van der Waals surface area contributed by atoms with Crippen molar-refractivity contribution >= 4 is 17.1 Å². The lowest BCUT2D eigenvalue weighted by atomic mass is 10.1. The van der Waals surface area contributed by atoms with Crippen LogP contribution in [0.25, 0.3) is 0 Å². The van der Waals surface area contributed by atoms with Crippen molar-refractivity contribution in [3.63, 3.8) is 0 Å². The summed E-state index contributed by atoms with van der Waals surface area (Å²) in [5.74, 6) is 0.760. The Morgan fingerprint density at radius 2 is 2.42 bits per heavy atom. The lowest BCUT2D eigenvalue weighted by Gasteiger charge is -1.97. The SMILES string of the molecule is CCc1ccsc1C(=O)C1CC1. The van der Waals surface area contributed by atoms with Crippen LogP contribution in [0.3, 0.4) is 0 Å². The highest BCUT2D eigenvalue weighted by Crippen LogP contribution is 2.35. The summed E-state index contributed by atoms with van der Waals surface area (Å²) in [6.07, 6.45) is 3.21. The van der Waals surface area contributed by atoms with Crippen LogP contribution in [0.5, 0.6) is 0 Å². The topological polar surface area (TPSA) is 17.1 Å². The molecule has 0 unspecified atom stereocenters. The summed E-state index contributed by atoms with van der Waals surface area (Å²) in [6.45, 7) is 2.10. The first kappa shape index (κ1) is 7.99. The molecule has 1 heterocycles. The lowest BCUT2D eigenvalue weighted by Crippen LogP contribution is -2.00. The van der Waals surface area contributed by atoms with E-state index in [-0.39, 0.29) is 0 Å². The number of rotatable bonds is 3. The first-order valence-electron chi connectivity index (χ1n) is 4.43. The summed E-state index contributed by atoms with van der Waals surface area (Å²) < 4.78 is 0. The van der Waals surface area contributed by atoms with E-state index >= 15 is 0 Å². The molecule has 0 atom stereocenters. The van der Waals surface area contributed by atoms with Gasteiger partial charge in [-0.25, -0.2) is 0 Å². The minimum absolute atomic E-state index is 0.369. The van der Waals surface area contributed by atoms with Crippen molar-refractivity contribution in [1.29, 1.82) is 0 Å². The van der Waals surface area contributed by atoms with Crippen LogP contribution >= 0.6 is 11.3 Å². The summed E-state index contributed by atoms with van der Waals surface area (Å²) in [7, 11) is 0. The molecule has 1 saturated carbocycles. The molecule has 0 N–H and O–H groups in total. The number of Topliss-reactive ketones (excluding diaryl/α,β-unsaturated/α-hetero) is 1. The van der Waals surface area contributed by atoms with Crippen LogP contribution < -0.4 is 0 Å². The quantitative estimate of drug-likeness (QED) is 0.654. The van der Waals surface area contributed by atoms with Gasteiger partial charge in [-0.1, -0.05) is 6.92 Å². The molecule has 0 saturated heterocycles. The highest BCUT2D eigenvalue weighted by Gasteiger charge is 2.31. The molecule has 0 radical (unpaired) electrons. The second kappa shape index (κ2) is 3.02. The molecule has 0 amide bonds. The number of thiophene rings is 1. The van der Waals surface area contributed by atoms with E-state index in [0.29, 0.717) is 11.7 Å². The van der Waals surface area contributed by atoms with E-state index in [1.165, 1.54) is 5.56 Å². The van der Waals surface area contributed by atoms with Crippen LogP contribution in [0.15, 0.2) is 11.4 Å². The molecular weight excluding hydrogens is 168 g/mol. The second-order valence-electron chi connectivity index (χ2n) is 3.27. The van der Waals surface area contributed by atoms with Gasteiger partial charge in [0.1, 0.15) is 0 Å². The summed E-state index contributed by atoms with van der Waals surface area (Å²) in [5, 5.41) is 2.02. The maximum Gasteiger partial charge on any atom is 0.176 e. The molecule has 64 valence electrons. The minimum atomic E-state index is 0.369. The molecule has 2 rings (SSSR count). The monoisotopic (exact) mass is 180 g/mol. The lowest BCUT2D eigenvalue weighted by molar-refractivity contribution is 0.0971. The molecule has 1 aromatic rings. The summed E-state index contributed by atoms with van der Waals surface area (Å²) in [5.41, 5.74) is 1.23. The smallest absolute Gasteiger partial charge is 0.176 e. The summed E-state index contributed by atoms with van der Waals surface area (Å²) in [6, 6.07) is 2.07. The molecule has 1 aromatic heterocycles. The van der Waals surface area contributed by atoms with Gasteiger partial charge >= 0.3 is 0 Å². The number of hydrogen-bond acceptors (Lipinski definition) is 2. The van der Waals surface area contributed by atoms with Crippen LogP contribution in [0, 0.1) is 5.92 Å². The maximum atomic E-state index is 11.7. The highest BCUT2D eigenvalue weighted by molar-refractivity contribution is 7.12. The Kier molecular flexibility index (Phi) is 2.01. The fourth-order valence-corrected chi connectivity index (χ4v) is 2.38. The summed E-state index contributed by atoms with van der Waals surface area (Å²) >= 11 is 1.60. The standard InChI is InChI=1S/C10H12OS/c1-2-7-5-6-12-10(7)9(11)8-3-4-8/h5-6,8H,2-4H2,1H3. The van der Waals surface area contributed by atoms with E-state index < -0.39 is 0 Å². The average Bonchev–Trinajstić information content (AvgIpc) is 2.82. The molecule has 0 spiro atoms. The highest BCUT2D eigenvalue weighted by atomic mass is 32.1. The Hall–Kier alpha value is -0.630. The van der Waals surface area contributed by atoms with Crippen LogP contribution in [0.4, 0.5) is 0 Å². The number of hydrogen-bond donors (Lipinski definition) is 0. The number of ketones is 1. The van der Waals surface area contributed by atoms with Gasteiger partial charge in [0.05, 0.1) is 4.88 Å². The van der Waals surface area contributed by atoms with Gasteiger partial charge < -0.3 is 0 Å². The van der Waals surface area contributed by atoms with Crippen molar-refractivity contribution in [1.82, 2.24) is 0 Å². The van der Waals surface area contributed by atoms with E-state index in [0.717, 1.165) is 24.1 Å². The fourth-order valence-electron chi connectivity index (χ4n) is 1.36. The molecule has 1 aliphatic carbocycles. The Bertz CT molecular complexity index is 297. The van der Waals surface area contributed by atoms with Crippen molar-refractivity contribution in [2.24, 2.45) is 5.92 Å². The molecule has 1 aliphatic rings. The third-order valence-corrected chi connectivity index (χ3v) is 3.27. The molecular formula is C10H12OS. The Balaban J connectivity index is 2.25. The van der Waals surface area contributed by atoms with Crippen LogP contribution in [-0.4, -0.2) is 5.78 Å². The van der Waals surface area contributed by atoms with E-state index in [1.54, 1.807) is 11.3 Å². The van der Waals surface area contributed by atoms with Gasteiger partial charge in [-0.3, -0.25) is 4.79 Å². The van der Waals surface area contributed by atoms with Gasteiger partial charge in [0.25, 0.3) is 0 Å². The Morgan fingerprint density at radius 1 is 1.67 bits per heavy atom. The average molecular weight is 180 g/mol. The van der Waals surface area contributed by atoms with Gasteiger partial charge in [-0.05, 0) is 36.3 Å². The van der Waals surface area contributed by atoms with Crippen LogP contribution in [-0.2, 0) is 6.42 Å². The zero-order valence-corrected chi connectivity index (χ0v) is 7.99. The van der Waals surface area contributed by atoms with Crippen molar-refractivity contribution in [3.8, 4) is 0 Å². The second-order valence-corrected chi connectivity index (χ2v) is 4.18. The Morgan fingerprint density at radius 3 is 3.00 bits per heavy atom. The number of carbonyl (C=O) groups is 1. The van der Waals surface area contributed by atoms with Gasteiger partial charge in [-0.15, -0.1) is 11.3 Å². The predicted octanol–water partition coefficient (Wildman–Crippen LogP) is 2.90. The van der Waals surface area contributed by atoms with Crippen LogP contribution in [0.2, 0.25) is 0 Å². The fraction of sp³-hybridized carbons (Fsp3) is 0.500. The van der Waals surface area contributed by atoms with E-state index in [4.69, 9.17) is 0 Å². The van der Waals surface area contributed by atoms with Crippen LogP contribution in [0.1, 0.15) is 35.0 Å². The van der Waals surface area contributed by atoms with Crippen molar-refractivity contribution in [2.75, 3.05) is 0 Å². The van der Waals surface area contributed by atoms with Crippen molar-refractivity contribution < 1.29 is 4.79 Å². The zero-order valence-electron chi connectivity index (χ0n) is 7.17. The van der Waals surface area contributed by atoms with Gasteiger partial charge in [-0.2, -0.15) is 0 Å². The largest absolute Gasteiger partial charge is 0.293 e. The minimum Gasteiger partial charge on any atom is -0.293 e.